The fourth-order valence-corrected chi connectivity index (χ4v) is 2.86. The molecule has 1 aromatic heterocycles. The van der Waals surface area contributed by atoms with E-state index in [0.717, 1.165) is 6.07 Å². The molecular weight excluding hydrogens is 354 g/mol. The van der Waals surface area contributed by atoms with Crippen LogP contribution in [0.3, 0.4) is 0 Å². The Hall–Kier alpha value is -3.87. The first-order valence-corrected chi connectivity index (χ1v) is 7.52. The Balaban J connectivity index is 2.35. The van der Waals surface area contributed by atoms with E-state index in [4.69, 9.17) is 16.7 Å². The van der Waals surface area contributed by atoms with Gasteiger partial charge in [0.1, 0.15) is 35.1 Å². The van der Waals surface area contributed by atoms with Crippen molar-refractivity contribution in [1.29, 1.82) is 10.5 Å². The molecule has 134 valence electrons. The van der Waals surface area contributed by atoms with Crippen LogP contribution in [0.2, 0.25) is 0 Å². The zero-order valence-corrected chi connectivity index (χ0v) is 13.6. The van der Waals surface area contributed by atoms with Crippen LogP contribution in [0.1, 0.15) is 22.7 Å². The number of pyridine rings is 1. The molecule has 1 aromatic carbocycles. The number of hydrogen-bond donors (Lipinski definition) is 6. The zero-order valence-electron chi connectivity index (χ0n) is 13.6. The van der Waals surface area contributed by atoms with Gasteiger partial charge in [0.2, 0.25) is 5.96 Å². The first kappa shape index (κ1) is 17.9. The summed E-state index contributed by atoms with van der Waals surface area (Å²) in [6.07, 6.45) is 1.67. The summed E-state index contributed by atoms with van der Waals surface area (Å²) < 4.78 is 14.6. The highest BCUT2D eigenvalue weighted by atomic mass is 19.1. The second kappa shape index (κ2) is 6.80. The third-order valence-corrected chi connectivity index (χ3v) is 4.00. The zero-order chi connectivity index (χ0) is 19.7. The highest BCUT2D eigenvalue weighted by Crippen LogP contribution is 2.40. The summed E-state index contributed by atoms with van der Waals surface area (Å²) >= 11 is 0. The molecule has 0 amide bonds. The number of anilines is 3. The van der Waals surface area contributed by atoms with E-state index in [1.807, 2.05) is 6.07 Å². The number of nitrogens with two attached hydrogens (primary N) is 2. The fraction of sp³-hybridized carbons (Fsp3) is 0.0667. The van der Waals surface area contributed by atoms with Crippen molar-refractivity contribution in [2.24, 2.45) is 4.99 Å². The van der Waals surface area contributed by atoms with Crippen LogP contribution in [0, 0.1) is 28.6 Å². The number of aromatic nitrogens is 1. The van der Waals surface area contributed by atoms with E-state index in [2.05, 4.69) is 20.6 Å². The lowest BCUT2D eigenvalue weighted by molar-refractivity contribution is 0.424. The van der Waals surface area contributed by atoms with Gasteiger partial charge in [-0.1, -0.05) is 12.1 Å². The smallest absolute Gasteiger partial charge is 0.423 e. The van der Waals surface area contributed by atoms with Crippen molar-refractivity contribution in [1.82, 2.24) is 10.3 Å². The number of hydrogen-bond acceptors (Lipinski definition) is 10. The molecule has 0 fully saturated rings. The van der Waals surface area contributed by atoms with Gasteiger partial charge < -0.3 is 26.8 Å². The van der Waals surface area contributed by atoms with Crippen LogP contribution in [-0.4, -0.2) is 28.1 Å². The third-order valence-electron chi connectivity index (χ3n) is 4.00. The Labute approximate surface area is 152 Å². The van der Waals surface area contributed by atoms with Crippen LogP contribution in [0.25, 0.3) is 0 Å². The number of halogens is 1. The number of guanidine groups is 1. The Morgan fingerprint density at radius 1 is 1.26 bits per heavy atom. The maximum Gasteiger partial charge on any atom is 0.488 e. The molecule has 0 aliphatic carbocycles. The van der Waals surface area contributed by atoms with Gasteiger partial charge >= 0.3 is 7.12 Å². The maximum atomic E-state index is 14.6. The summed E-state index contributed by atoms with van der Waals surface area (Å²) in [7, 11) is -1.99. The maximum absolute atomic E-state index is 14.6. The number of nitrogens with one attached hydrogen (secondary N) is 2. The van der Waals surface area contributed by atoms with E-state index >= 15 is 0 Å². The van der Waals surface area contributed by atoms with Crippen LogP contribution in [-0.2, 0) is 0 Å². The van der Waals surface area contributed by atoms with E-state index in [-0.39, 0.29) is 45.4 Å². The molecule has 1 aliphatic heterocycles. The van der Waals surface area contributed by atoms with Crippen molar-refractivity contribution in [3.8, 4) is 12.3 Å². The van der Waals surface area contributed by atoms with Crippen LogP contribution in [0.5, 0.6) is 0 Å². The van der Waals surface area contributed by atoms with Crippen molar-refractivity contribution >= 4 is 35.9 Å². The first-order valence-electron chi connectivity index (χ1n) is 7.52. The monoisotopic (exact) mass is 366 g/mol. The summed E-state index contributed by atoms with van der Waals surface area (Å²) in [5, 5.41) is 42.4. The van der Waals surface area contributed by atoms with E-state index in [1.165, 1.54) is 12.1 Å². The van der Waals surface area contributed by atoms with Crippen molar-refractivity contribution in [2.75, 3.05) is 16.8 Å². The second-order valence-electron chi connectivity index (χ2n) is 5.52. The molecule has 12 heteroatoms. The van der Waals surface area contributed by atoms with E-state index in [1.54, 1.807) is 6.19 Å². The molecule has 0 spiro atoms. The van der Waals surface area contributed by atoms with Crippen LogP contribution < -0.4 is 27.6 Å². The molecule has 0 bridgehead atoms. The Morgan fingerprint density at radius 2 is 2.00 bits per heavy atom. The minimum Gasteiger partial charge on any atom is -0.423 e. The predicted molar refractivity (Wildman–Crippen MR) is 95.7 cm³/mol. The lowest BCUT2D eigenvalue weighted by Crippen LogP contribution is -2.38. The fourth-order valence-electron chi connectivity index (χ4n) is 2.86. The molecule has 27 heavy (non-hydrogen) atoms. The van der Waals surface area contributed by atoms with E-state index in [0.29, 0.717) is 0 Å². The van der Waals surface area contributed by atoms with Crippen molar-refractivity contribution in [3.63, 3.8) is 0 Å². The largest absolute Gasteiger partial charge is 0.488 e. The molecule has 2 aromatic rings. The number of benzene rings is 1. The molecule has 1 atom stereocenters. The van der Waals surface area contributed by atoms with Gasteiger partial charge in [0.05, 0.1) is 5.69 Å². The number of fused-ring (bicyclic) bond motifs is 1. The summed E-state index contributed by atoms with van der Waals surface area (Å²) in [6, 6.07) is 4.34. The van der Waals surface area contributed by atoms with Crippen LogP contribution >= 0.6 is 0 Å². The standard InChI is InChI=1S/C15H12BFN8O2/c17-8-3-1-2-7(16(26)27)9(8)12-10-11(20)6(4-18)13(21)24-14(10)25-15(23-12)22-5-19/h1-3,12,26-27H,(H6,20,21,22,23,24,25). The summed E-state index contributed by atoms with van der Waals surface area (Å²) in [5.74, 6) is -0.960. The lowest BCUT2D eigenvalue weighted by Gasteiger charge is -2.27. The Bertz CT molecular complexity index is 1040. The topological polar surface area (TPSA) is 189 Å². The summed E-state index contributed by atoms with van der Waals surface area (Å²) in [5.41, 5.74) is 11.4. The van der Waals surface area contributed by atoms with E-state index in [9.17, 15) is 19.7 Å². The average molecular weight is 366 g/mol. The Morgan fingerprint density at radius 3 is 2.63 bits per heavy atom. The molecule has 0 saturated heterocycles. The van der Waals surface area contributed by atoms with Gasteiger partial charge in [-0.15, -0.1) is 0 Å². The van der Waals surface area contributed by atoms with Crippen LogP contribution in [0.4, 0.5) is 21.7 Å². The quantitative estimate of drug-likeness (QED) is 0.217. The number of nitrogen functional groups attached to an aromatic ring is 2. The van der Waals surface area contributed by atoms with Crippen LogP contribution in [0.15, 0.2) is 23.2 Å². The van der Waals surface area contributed by atoms with Gasteiger partial charge in [0.15, 0.2) is 6.19 Å². The second-order valence-corrected chi connectivity index (χ2v) is 5.52. The number of nitriles is 2. The van der Waals surface area contributed by atoms with Crippen molar-refractivity contribution < 1.29 is 14.4 Å². The van der Waals surface area contributed by atoms with Gasteiger partial charge in [-0.05, 0) is 11.5 Å². The minimum absolute atomic E-state index is 0.0587. The number of aliphatic imine (C=N–C) groups is 1. The normalized spacial score (nSPS) is 14.9. The third kappa shape index (κ3) is 2.95. The van der Waals surface area contributed by atoms with Gasteiger partial charge in [0.25, 0.3) is 0 Å². The SMILES string of the molecule is N#CNC1=NC(c2c(F)cccc2B(O)O)c2c(nc(N)c(C#N)c2N)N1. The first-order chi connectivity index (χ1) is 12.9. The van der Waals surface area contributed by atoms with E-state index < -0.39 is 19.0 Å². The predicted octanol–water partition coefficient (Wildman–Crippen LogP) is -1.12. The molecule has 10 nitrogen and oxygen atoms in total. The molecule has 1 unspecified atom stereocenters. The molecule has 0 saturated carbocycles. The molecule has 0 radical (unpaired) electrons. The molecule has 8 N–H and O–H groups in total. The summed E-state index contributed by atoms with van der Waals surface area (Å²) in [4.78, 5) is 8.24. The molecule has 1 aliphatic rings. The van der Waals surface area contributed by atoms with Crippen molar-refractivity contribution in [3.05, 3.63) is 40.7 Å². The van der Waals surface area contributed by atoms with Gasteiger partial charge in [-0.2, -0.15) is 10.5 Å². The average Bonchev–Trinajstić information content (AvgIpc) is 2.61. The van der Waals surface area contributed by atoms with Gasteiger partial charge in [-0.25, -0.2) is 14.4 Å². The number of nitrogens with zero attached hydrogens (tertiary/aromatic N) is 4. The highest BCUT2D eigenvalue weighted by molar-refractivity contribution is 6.59. The molecule has 2 heterocycles. The Kier molecular flexibility index (Phi) is 4.52. The van der Waals surface area contributed by atoms with Crippen molar-refractivity contribution in [2.45, 2.75) is 6.04 Å². The highest BCUT2D eigenvalue weighted by Gasteiger charge is 2.34. The lowest BCUT2D eigenvalue weighted by atomic mass is 9.74. The summed E-state index contributed by atoms with van der Waals surface area (Å²) in [6.45, 7) is 0. The van der Waals surface area contributed by atoms with Gasteiger partial charge in [0, 0.05) is 11.1 Å². The number of rotatable bonds is 2. The molecular formula is C15H12BFN8O2. The minimum atomic E-state index is -1.99. The molecule has 3 rings (SSSR count). The van der Waals surface area contributed by atoms with Gasteiger partial charge in [-0.3, -0.25) is 5.32 Å².